The van der Waals surface area contributed by atoms with Crippen LogP contribution in [0.3, 0.4) is 0 Å². The highest BCUT2D eigenvalue weighted by Gasteiger charge is 2.16. The Morgan fingerprint density at radius 1 is 1.29 bits per heavy atom. The predicted octanol–water partition coefficient (Wildman–Crippen LogP) is 2.00. The predicted molar refractivity (Wildman–Crippen MR) is 76.3 cm³/mol. The number of carboxylic acids is 1. The summed E-state index contributed by atoms with van der Waals surface area (Å²) in [6.45, 7) is -0.192. The highest BCUT2D eigenvalue weighted by molar-refractivity contribution is 5.90. The van der Waals surface area contributed by atoms with Gasteiger partial charge < -0.3 is 15.2 Å². The van der Waals surface area contributed by atoms with E-state index in [4.69, 9.17) is 9.84 Å². The third-order valence-electron chi connectivity index (χ3n) is 3.59. The molecule has 1 fully saturated rings. The second-order valence-corrected chi connectivity index (χ2v) is 5.22. The molecule has 1 heterocycles. The maximum atomic E-state index is 11.9. The number of carbonyl (C=O) groups excluding carboxylic acids is 1. The number of carbonyl (C=O) groups is 2. The Hall–Kier alpha value is -2.11. The van der Waals surface area contributed by atoms with Crippen LogP contribution in [0.25, 0.3) is 0 Å². The second-order valence-electron chi connectivity index (χ2n) is 5.22. The van der Waals surface area contributed by atoms with Gasteiger partial charge in [0.15, 0.2) is 12.4 Å². The molecule has 0 bridgehead atoms. The number of hydrogen-bond acceptors (Lipinski definition) is 4. The summed E-state index contributed by atoms with van der Waals surface area (Å²) in [7, 11) is 0. The number of aromatic carboxylic acids is 1. The lowest BCUT2D eigenvalue weighted by Gasteiger charge is -2.16. The molecule has 1 amide bonds. The van der Waals surface area contributed by atoms with Crippen molar-refractivity contribution in [1.29, 1.82) is 0 Å². The number of rotatable bonds is 5. The standard InChI is InChI=1S/C15H20N2O4/c18-14(17-11-5-3-1-2-4-6-11)10-21-13-9-16-8-7-12(13)15(19)20/h7-9,11H,1-6,10H2,(H,17,18)(H,19,20). The minimum Gasteiger partial charge on any atom is -0.481 e. The zero-order chi connectivity index (χ0) is 15.1. The van der Waals surface area contributed by atoms with Crippen LogP contribution in [0, 0.1) is 0 Å². The second kappa shape index (κ2) is 7.61. The molecule has 0 saturated heterocycles. The van der Waals surface area contributed by atoms with E-state index in [2.05, 4.69) is 10.3 Å². The van der Waals surface area contributed by atoms with Gasteiger partial charge in [-0.25, -0.2) is 4.79 Å². The van der Waals surface area contributed by atoms with E-state index in [0.29, 0.717) is 0 Å². The number of nitrogens with one attached hydrogen (secondary N) is 1. The molecule has 6 nitrogen and oxygen atoms in total. The van der Waals surface area contributed by atoms with Gasteiger partial charge in [0.2, 0.25) is 0 Å². The lowest BCUT2D eigenvalue weighted by Crippen LogP contribution is -2.37. The summed E-state index contributed by atoms with van der Waals surface area (Å²) in [5, 5.41) is 12.0. The van der Waals surface area contributed by atoms with Crippen molar-refractivity contribution in [1.82, 2.24) is 10.3 Å². The summed E-state index contributed by atoms with van der Waals surface area (Å²) in [5.74, 6) is -1.21. The minimum atomic E-state index is -1.10. The average molecular weight is 292 g/mol. The molecule has 0 unspecified atom stereocenters. The Bertz CT molecular complexity index is 496. The summed E-state index contributed by atoms with van der Waals surface area (Å²) in [6.07, 6.45) is 9.40. The third-order valence-corrected chi connectivity index (χ3v) is 3.59. The maximum Gasteiger partial charge on any atom is 0.339 e. The summed E-state index contributed by atoms with van der Waals surface area (Å²) >= 11 is 0. The van der Waals surface area contributed by atoms with Gasteiger partial charge in [0, 0.05) is 12.2 Å². The lowest BCUT2D eigenvalue weighted by atomic mass is 10.1. The van der Waals surface area contributed by atoms with Crippen molar-refractivity contribution >= 4 is 11.9 Å². The Balaban J connectivity index is 1.85. The van der Waals surface area contributed by atoms with E-state index >= 15 is 0 Å². The van der Waals surface area contributed by atoms with Crippen molar-refractivity contribution < 1.29 is 19.4 Å². The van der Waals surface area contributed by atoms with Gasteiger partial charge in [0.25, 0.3) is 5.91 Å². The fourth-order valence-corrected chi connectivity index (χ4v) is 2.51. The molecule has 0 aliphatic heterocycles. The van der Waals surface area contributed by atoms with Crippen LogP contribution in [-0.4, -0.2) is 34.6 Å². The largest absolute Gasteiger partial charge is 0.481 e. The van der Waals surface area contributed by atoms with Crippen LogP contribution in [0.2, 0.25) is 0 Å². The highest BCUT2D eigenvalue weighted by atomic mass is 16.5. The molecule has 0 aromatic carbocycles. The van der Waals surface area contributed by atoms with Crippen molar-refractivity contribution in [2.24, 2.45) is 0 Å². The van der Waals surface area contributed by atoms with Crippen LogP contribution in [0.1, 0.15) is 48.9 Å². The smallest absolute Gasteiger partial charge is 0.339 e. The molecule has 114 valence electrons. The van der Waals surface area contributed by atoms with E-state index in [1.54, 1.807) is 0 Å². The fourth-order valence-electron chi connectivity index (χ4n) is 2.51. The van der Waals surface area contributed by atoms with Crippen molar-refractivity contribution in [2.45, 2.75) is 44.6 Å². The van der Waals surface area contributed by atoms with E-state index in [1.165, 1.54) is 31.3 Å². The Morgan fingerprint density at radius 3 is 2.67 bits per heavy atom. The van der Waals surface area contributed by atoms with Crippen molar-refractivity contribution in [3.63, 3.8) is 0 Å². The third kappa shape index (κ3) is 4.73. The lowest BCUT2D eigenvalue weighted by molar-refractivity contribution is -0.123. The topological polar surface area (TPSA) is 88.5 Å². The first-order valence-corrected chi connectivity index (χ1v) is 7.26. The molecule has 0 radical (unpaired) electrons. The van der Waals surface area contributed by atoms with Crippen LogP contribution in [0.15, 0.2) is 18.5 Å². The molecule has 2 N–H and O–H groups in total. The van der Waals surface area contributed by atoms with Crippen molar-refractivity contribution in [3.8, 4) is 5.75 Å². The molecule has 1 aliphatic carbocycles. The molecule has 1 aliphatic rings. The molecule has 1 saturated carbocycles. The number of hydrogen-bond donors (Lipinski definition) is 2. The van der Waals surface area contributed by atoms with Gasteiger partial charge in [-0.15, -0.1) is 0 Å². The van der Waals surface area contributed by atoms with Crippen LogP contribution in [-0.2, 0) is 4.79 Å². The van der Waals surface area contributed by atoms with E-state index < -0.39 is 5.97 Å². The fraction of sp³-hybridized carbons (Fsp3) is 0.533. The van der Waals surface area contributed by atoms with Crippen LogP contribution in [0.5, 0.6) is 5.75 Å². The number of aromatic nitrogens is 1. The summed E-state index contributed by atoms with van der Waals surface area (Å²) in [6, 6.07) is 1.55. The molecule has 1 aromatic heterocycles. The monoisotopic (exact) mass is 292 g/mol. The van der Waals surface area contributed by atoms with Crippen LogP contribution < -0.4 is 10.1 Å². The number of amides is 1. The maximum absolute atomic E-state index is 11.9. The SMILES string of the molecule is O=C(COc1cnccc1C(=O)O)NC1CCCCCC1. The molecular weight excluding hydrogens is 272 g/mol. The Morgan fingerprint density at radius 2 is 2.00 bits per heavy atom. The molecule has 0 atom stereocenters. The van der Waals surface area contributed by atoms with E-state index in [1.807, 2.05) is 0 Å². The normalized spacial score (nSPS) is 16.0. The number of pyridine rings is 1. The van der Waals surface area contributed by atoms with E-state index in [9.17, 15) is 9.59 Å². The Labute approximate surface area is 123 Å². The van der Waals surface area contributed by atoms with Crippen molar-refractivity contribution in [3.05, 3.63) is 24.0 Å². The summed E-state index contributed by atoms with van der Waals surface area (Å²) < 4.78 is 5.28. The van der Waals surface area contributed by atoms with E-state index in [0.717, 1.165) is 25.7 Å². The van der Waals surface area contributed by atoms with E-state index in [-0.39, 0.29) is 29.9 Å². The molecule has 6 heteroatoms. The van der Waals surface area contributed by atoms with Gasteiger partial charge in [0.05, 0.1) is 6.20 Å². The van der Waals surface area contributed by atoms with Gasteiger partial charge in [-0.2, -0.15) is 0 Å². The molecule has 2 rings (SSSR count). The zero-order valence-electron chi connectivity index (χ0n) is 11.9. The Kier molecular flexibility index (Phi) is 5.54. The number of ether oxygens (including phenoxy) is 1. The molecular formula is C15H20N2O4. The van der Waals surface area contributed by atoms with Gasteiger partial charge in [-0.05, 0) is 18.9 Å². The molecule has 21 heavy (non-hydrogen) atoms. The van der Waals surface area contributed by atoms with Crippen LogP contribution in [0.4, 0.5) is 0 Å². The molecule has 0 spiro atoms. The first-order chi connectivity index (χ1) is 10.2. The molecule has 1 aromatic rings. The van der Waals surface area contributed by atoms with Gasteiger partial charge >= 0.3 is 5.97 Å². The van der Waals surface area contributed by atoms with Crippen molar-refractivity contribution in [2.75, 3.05) is 6.61 Å². The number of nitrogens with zero attached hydrogens (tertiary/aromatic N) is 1. The average Bonchev–Trinajstić information content (AvgIpc) is 2.74. The number of carboxylic acid groups (broad SMARTS) is 1. The minimum absolute atomic E-state index is 0.00673. The first-order valence-electron chi connectivity index (χ1n) is 7.26. The zero-order valence-corrected chi connectivity index (χ0v) is 11.9. The summed E-state index contributed by atoms with van der Waals surface area (Å²) in [4.78, 5) is 26.7. The van der Waals surface area contributed by atoms with Gasteiger partial charge in [-0.3, -0.25) is 9.78 Å². The van der Waals surface area contributed by atoms with Crippen LogP contribution >= 0.6 is 0 Å². The highest BCUT2D eigenvalue weighted by Crippen LogP contribution is 2.18. The summed E-state index contributed by atoms with van der Waals surface area (Å²) in [5.41, 5.74) is 0.00673. The first kappa shape index (κ1) is 15.3. The van der Waals surface area contributed by atoms with Gasteiger partial charge in [-0.1, -0.05) is 25.7 Å². The van der Waals surface area contributed by atoms with Gasteiger partial charge in [0.1, 0.15) is 5.56 Å². The quantitative estimate of drug-likeness (QED) is 0.810.